The molecule has 1 fully saturated rings. The van der Waals surface area contributed by atoms with Gasteiger partial charge in [-0.15, -0.1) is 0 Å². The second-order valence-electron chi connectivity index (χ2n) is 7.15. The Labute approximate surface area is 173 Å². The summed E-state index contributed by atoms with van der Waals surface area (Å²) in [5, 5.41) is 0.876. The van der Waals surface area contributed by atoms with E-state index in [2.05, 4.69) is 0 Å². The van der Waals surface area contributed by atoms with Gasteiger partial charge in [-0.05, 0) is 35.7 Å². The summed E-state index contributed by atoms with van der Waals surface area (Å²) in [4.78, 5) is 15.9. The van der Waals surface area contributed by atoms with Crippen LogP contribution in [0.1, 0.15) is 17.5 Å². The van der Waals surface area contributed by atoms with Crippen molar-refractivity contribution < 1.29 is 13.6 Å². The van der Waals surface area contributed by atoms with Crippen LogP contribution in [0.5, 0.6) is 0 Å². The van der Waals surface area contributed by atoms with E-state index in [1.807, 2.05) is 24.3 Å². The van der Waals surface area contributed by atoms with Crippen molar-refractivity contribution in [2.45, 2.75) is 25.2 Å². The molecule has 3 rings (SSSR count). The zero-order valence-electron chi connectivity index (χ0n) is 15.6. The number of carbonyl (C=O) groups excluding carboxylic acids is 1. The van der Waals surface area contributed by atoms with Crippen molar-refractivity contribution in [1.82, 2.24) is 4.90 Å². The summed E-state index contributed by atoms with van der Waals surface area (Å²) < 4.78 is 27.2. The zero-order valence-corrected chi connectivity index (χ0v) is 17.1. The summed E-state index contributed by atoms with van der Waals surface area (Å²) in [5.74, 6) is -2.68. The maximum atomic E-state index is 13.6. The van der Waals surface area contributed by atoms with Gasteiger partial charge in [0.25, 0.3) is 5.92 Å². The van der Waals surface area contributed by atoms with Gasteiger partial charge in [-0.3, -0.25) is 4.79 Å². The smallest absolute Gasteiger partial charge is 0.266 e. The standard InChI is InChI=1S/C21H22Cl2F2N2O/c1-26(20(28)13-15-6-7-17(22)18(23)12-15)10-8-16-4-2-3-5-19(16)27-11-9-21(24,25)14-27/h2-7,12H,8-11,13-14H2,1H3. The van der Waals surface area contributed by atoms with E-state index in [4.69, 9.17) is 23.2 Å². The Morgan fingerprint density at radius 2 is 1.93 bits per heavy atom. The lowest BCUT2D eigenvalue weighted by Crippen LogP contribution is -2.31. The van der Waals surface area contributed by atoms with E-state index in [-0.39, 0.29) is 25.3 Å². The summed E-state index contributed by atoms with van der Waals surface area (Å²) in [6.45, 7) is 0.591. The van der Waals surface area contributed by atoms with E-state index in [9.17, 15) is 13.6 Å². The minimum atomic E-state index is -2.64. The van der Waals surface area contributed by atoms with Gasteiger partial charge in [-0.1, -0.05) is 47.5 Å². The van der Waals surface area contributed by atoms with E-state index in [1.165, 1.54) is 0 Å². The molecule has 3 nitrogen and oxygen atoms in total. The van der Waals surface area contributed by atoms with E-state index in [0.29, 0.717) is 29.6 Å². The van der Waals surface area contributed by atoms with Gasteiger partial charge in [0.2, 0.25) is 5.91 Å². The van der Waals surface area contributed by atoms with Gasteiger partial charge in [-0.2, -0.15) is 0 Å². The Morgan fingerprint density at radius 3 is 2.61 bits per heavy atom. The number of benzene rings is 2. The van der Waals surface area contributed by atoms with Crippen LogP contribution in [0.4, 0.5) is 14.5 Å². The molecule has 7 heteroatoms. The third kappa shape index (κ3) is 5.15. The molecule has 28 heavy (non-hydrogen) atoms. The first-order valence-electron chi connectivity index (χ1n) is 9.14. The lowest BCUT2D eigenvalue weighted by Gasteiger charge is -2.23. The number of hydrogen-bond donors (Lipinski definition) is 0. The van der Waals surface area contributed by atoms with Crippen LogP contribution in [0.2, 0.25) is 10.0 Å². The van der Waals surface area contributed by atoms with Crippen LogP contribution in [0.3, 0.4) is 0 Å². The Bertz CT molecular complexity index is 860. The molecule has 0 aromatic heterocycles. The van der Waals surface area contributed by atoms with Gasteiger partial charge in [0.15, 0.2) is 0 Å². The molecule has 1 aliphatic heterocycles. The highest BCUT2D eigenvalue weighted by Crippen LogP contribution is 2.32. The highest BCUT2D eigenvalue weighted by molar-refractivity contribution is 6.42. The topological polar surface area (TPSA) is 23.6 Å². The molecule has 0 atom stereocenters. The fraction of sp³-hybridized carbons (Fsp3) is 0.381. The van der Waals surface area contributed by atoms with Crippen LogP contribution in [0, 0.1) is 0 Å². The van der Waals surface area contributed by atoms with E-state index in [1.54, 1.807) is 35.0 Å². The Balaban J connectivity index is 1.60. The largest absolute Gasteiger partial charge is 0.365 e. The number of nitrogens with zero attached hydrogens (tertiary/aromatic N) is 2. The van der Waals surface area contributed by atoms with Crippen molar-refractivity contribution in [3.8, 4) is 0 Å². The molecule has 0 N–H and O–H groups in total. The number of carbonyl (C=O) groups is 1. The Morgan fingerprint density at radius 1 is 1.18 bits per heavy atom. The fourth-order valence-corrected chi connectivity index (χ4v) is 3.66. The molecular weight excluding hydrogens is 405 g/mol. The van der Waals surface area contributed by atoms with Crippen LogP contribution in [0.25, 0.3) is 0 Å². The third-order valence-corrected chi connectivity index (χ3v) is 5.72. The lowest BCUT2D eigenvalue weighted by molar-refractivity contribution is -0.129. The summed E-state index contributed by atoms with van der Waals surface area (Å²) >= 11 is 11.9. The molecule has 2 aromatic rings. The predicted molar refractivity (Wildman–Crippen MR) is 110 cm³/mol. The van der Waals surface area contributed by atoms with Gasteiger partial charge in [0, 0.05) is 32.2 Å². The van der Waals surface area contributed by atoms with Crippen molar-refractivity contribution in [2.75, 3.05) is 31.6 Å². The van der Waals surface area contributed by atoms with Gasteiger partial charge in [-0.25, -0.2) is 8.78 Å². The minimum absolute atomic E-state index is 0.0384. The van der Waals surface area contributed by atoms with Gasteiger partial charge in [0.05, 0.1) is 23.0 Å². The second kappa shape index (κ2) is 8.66. The molecule has 1 aliphatic rings. The molecule has 1 amide bonds. The van der Waals surface area contributed by atoms with Gasteiger partial charge >= 0.3 is 0 Å². The second-order valence-corrected chi connectivity index (χ2v) is 7.96. The first-order chi connectivity index (χ1) is 13.2. The van der Waals surface area contributed by atoms with E-state index < -0.39 is 5.92 Å². The number of alkyl halides is 2. The van der Waals surface area contributed by atoms with E-state index in [0.717, 1.165) is 16.8 Å². The Kier molecular flexibility index (Phi) is 6.46. The van der Waals surface area contributed by atoms with E-state index >= 15 is 0 Å². The molecule has 0 spiro atoms. The van der Waals surface area contributed by atoms with Crippen molar-refractivity contribution in [2.24, 2.45) is 0 Å². The summed E-state index contributed by atoms with van der Waals surface area (Å²) in [6.07, 6.45) is 0.707. The quantitative estimate of drug-likeness (QED) is 0.642. The van der Waals surface area contributed by atoms with Crippen molar-refractivity contribution in [3.63, 3.8) is 0 Å². The fourth-order valence-electron chi connectivity index (χ4n) is 3.34. The molecule has 0 saturated carbocycles. The molecule has 2 aromatic carbocycles. The summed E-state index contributed by atoms with van der Waals surface area (Å²) in [7, 11) is 1.74. The first-order valence-corrected chi connectivity index (χ1v) is 9.89. The van der Waals surface area contributed by atoms with Crippen LogP contribution in [0.15, 0.2) is 42.5 Å². The average molecular weight is 427 g/mol. The monoisotopic (exact) mass is 426 g/mol. The molecular formula is C21H22Cl2F2N2O. The molecule has 1 saturated heterocycles. The van der Waals surface area contributed by atoms with Crippen LogP contribution >= 0.6 is 23.2 Å². The SMILES string of the molecule is CN(CCc1ccccc1N1CCC(F)(F)C1)C(=O)Cc1ccc(Cl)c(Cl)c1. The maximum Gasteiger partial charge on any atom is 0.266 e. The normalized spacial score (nSPS) is 15.7. The maximum absolute atomic E-state index is 13.6. The van der Waals surface area contributed by atoms with Gasteiger partial charge < -0.3 is 9.80 Å². The molecule has 0 aliphatic carbocycles. The number of anilines is 1. The van der Waals surface area contributed by atoms with Crippen LogP contribution < -0.4 is 4.90 Å². The number of likely N-dealkylation sites (N-methyl/N-ethyl adjacent to an activating group) is 1. The van der Waals surface area contributed by atoms with Crippen molar-refractivity contribution in [3.05, 3.63) is 63.6 Å². The lowest BCUT2D eigenvalue weighted by atomic mass is 10.1. The van der Waals surface area contributed by atoms with Crippen molar-refractivity contribution in [1.29, 1.82) is 0 Å². The number of rotatable bonds is 6. The molecule has 1 heterocycles. The summed E-state index contributed by atoms with van der Waals surface area (Å²) in [6, 6.07) is 12.7. The minimum Gasteiger partial charge on any atom is -0.365 e. The van der Waals surface area contributed by atoms with Crippen LogP contribution in [-0.2, 0) is 17.6 Å². The summed E-state index contributed by atoms with van der Waals surface area (Å²) in [5.41, 5.74) is 2.59. The molecule has 0 radical (unpaired) electrons. The Hall–Kier alpha value is -1.85. The third-order valence-electron chi connectivity index (χ3n) is 4.98. The average Bonchev–Trinajstić information content (AvgIpc) is 3.02. The molecule has 0 unspecified atom stereocenters. The molecule has 150 valence electrons. The number of hydrogen-bond acceptors (Lipinski definition) is 2. The first kappa shape index (κ1) is 20.9. The van der Waals surface area contributed by atoms with Crippen LogP contribution in [-0.4, -0.2) is 43.4 Å². The number of halogens is 4. The highest BCUT2D eigenvalue weighted by Gasteiger charge is 2.38. The highest BCUT2D eigenvalue weighted by atomic mass is 35.5. The number of amides is 1. The van der Waals surface area contributed by atoms with Gasteiger partial charge in [0.1, 0.15) is 0 Å². The zero-order chi connectivity index (χ0) is 20.3. The molecule has 0 bridgehead atoms. The van der Waals surface area contributed by atoms with Crippen molar-refractivity contribution >= 4 is 34.8 Å². The predicted octanol–water partition coefficient (Wildman–Crippen LogP) is 5.08. The number of para-hydroxylation sites is 1.